The number of carbonyl (C=O) groups is 2. The van der Waals surface area contributed by atoms with Crippen LogP contribution in [0.4, 0.5) is 5.69 Å². The van der Waals surface area contributed by atoms with E-state index in [2.05, 4.69) is 15.9 Å². The number of anilines is 1. The van der Waals surface area contributed by atoms with Gasteiger partial charge in [0.05, 0.1) is 18.7 Å². The molecule has 0 bridgehead atoms. The molecule has 0 spiro atoms. The predicted molar refractivity (Wildman–Crippen MR) is 128 cm³/mol. The van der Waals surface area contributed by atoms with Crippen LogP contribution < -0.4 is 9.64 Å². The van der Waals surface area contributed by atoms with E-state index in [1.54, 1.807) is 67.8 Å². The second-order valence-electron chi connectivity index (χ2n) is 7.39. The molecule has 162 valence electrons. The maximum absolute atomic E-state index is 13.2. The Morgan fingerprint density at radius 2 is 1.78 bits per heavy atom. The first-order chi connectivity index (χ1) is 15.3. The van der Waals surface area contributed by atoms with E-state index < -0.39 is 17.7 Å². The number of Topliss-reactive ketones (excluding diaryl/α,β-unsaturated/α-hetero) is 1. The van der Waals surface area contributed by atoms with E-state index in [9.17, 15) is 14.7 Å². The highest BCUT2D eigenvalue weighted by molar-refractivity contribution is 9.10. The Balaban J connectivity index is 1.96. The maximum atomic E-state index is 13.2. The first-order valence-corrected chi connectivity index (χ1v) is 11.0. The first-order valence-electron chi connectivity index (χ1n) is 9.79. The summed E-state index contributed by atoms with van der Waals surface area (Å²) >= 11 is 9.47. The van der Waals surface area contributed by atoms with Crippen molar-refractivity contribution in [3.05, 3.63) is 98.5 Å². The Hall–Kier alpha value is -3.09. The van der Waals surface area contributed by atoms with Crippen LogP contribution in [0, 0.1) is 6.92 Å². The second kappa shape index (κ2) is 8.81. The van der Waals surface area contributed by atoms with Gasteiger partial charge in [0, 0.05) is 20.7 Å². The van der Waals surface area contributed by atoms with E-state index in [1.165, 1.54) is 4.90 Å². The molecule has 1 aliphatic heterocycles. The smallest absolute Gasteiger partial charge is 0.300 e. The Kier molecular flexibility index (Phi) is 6.09. The highest BCUT2D eigenvalue weighted by Crippen LogP contribution is 2.43. The number of halogens is 2. The minimum absolute atomic E-state index is 0.00210. The molecule has 0 aromatic heterocycles. The molecule has 1 unspecified atom stereocenters. The van der Waals surface area contributed by atoms with Gasteiger partial charge in [0.1, 0.15) is 11.5 Å². The Bertz CT molecular complexity index is 1250. The van der Waals surface area contributed by atoms with Crippen molar-refractivity contribution in [3.63, 3.8) is 0 Å². The number of aliphatic hydroxyl groups excluding tert-OH is 1. The van der Waals surface area contributed by atoms with Crippen molar-refractivity contribution in [2.45, 2.75) is 13.0 Å². The average molecular weight is 513 g/mol. The van der Waals surface area contributed by atoms with E-state index in [0.29, 0.717) is 27.6 Å². The van der Waals surface area contributed by atoms with Gasteiger partial charge in [0.2, 0.25) is 0 Å². The van der Waals surface area contributed by atoms with Gasteiger partial charge in [-0.2, -0.15) is 0 Å². The number of hydrogen-bond acceptors (Lipinski definition) is 4. The largest absolute Gasteiger partial charge is 0.507 e. The molecular formula is C25H19BrClNO4. The number of aryl methyl sites for hydroxylation is 1. The number of benzene rings is 3. The molecule has 0 aliphatic carbocycles. The van der Waals surface area contributed by atoms with Crippen LogP contribution in [0.5, 0.6) is 5.75 Å². The highest BCUT2D eigenvalue weighted by Gasteiger charge is 2.47. The minimum atomic E-state index is -0.838. The quantitative estimate of drug-likeness (QED) is 0.263. The topological polar surface area (TPSA) is 66.8 Å². The van der Waals surface area contributed by atoms with Crippen LogP contribution in [0.25, 0.3) is 5.76 Å². The van der Waals surface area contributed by atoms with E-state index in [0.717, 1.165) is 10.0 Å². The third-order valence-electron chi connectivity index (χ3n) is 5.41. The molecule has 1 aliphatic rings. The fraction of sp³-hybridized carbons (Fsp3) is 0.120. The summed E-state index contributed by atoms with van der Waals surface area (Å²) in [4.78, 5) is 27.8. The molecule has 1 saturated heterocycles. The van der Waals surface area contributed by atoms with Gasteiger partial charge in [0.15, 0.2) is 0 Å². The Morgan fingerprint density at radius 3 is 2.44 bits per heavy atom. The molecule has 1 fully saturated rings. The standard InChI is InChI=1S/C25H19BrClNO4/c1-14-6-11-18(13-20(14)26)28-22(16-4-3-5-19(12-16)32-2)21(24(30)25(28)31)23(29)15-7-9-17(27)10-8-15/h3-13,22,29H,1-2H3/b23-21+. The van der Waals surface area contributed by atoms with Crippen molar-refractivity contribution in [1.82, 2.24) is 0 Å². The zero-order valence-electron chi connectivity index (χ0n) is 17.3. The molecule has 0 radical (unpaired) electrons. The summed E-state index contributed by atoms with van der Waals surface area (Å²) in [5, 5.41) is 11.6. The SMILES string of the molecule is COc1cccc(C2/C(=C(\O)c3ccc(Cl)cc3)C(=O)C(=O)N2c2ccc(C)c(Br)c2)c1. The molecular weight excluding hydrogens is 494 g/mol. The van der Waals surface area contributed by atoms with Crippen LogP contribution in [0.15, 0.2) is 76.8 Å². The number of amides is 1. The number of hydrogen-bond donors (Lipinski definition) is 1. The third kappa shape index (κ3) is 3.92. The lowest BCUT2D eigenvalue weighted by molar-refractivity contribution is -0.132. The van der Waals surface area contributed by atoms with Crippen molar-refractivity contribution in [3.8, 4) is 5.75 Å². The molecule has 1 heterocycles. The van der Waals surface area contributed by atoms with E-state index in [1.807, 2.05) is 13.0 Å². The van der Waals surface area contributed by atoms with Gasteiger partial charge >= 0.3 is 0 Å². The summed E-state index contributed by atoms with van der Waals surface area (Å²) in [6, 6.07) is 18.1. The van der Waals surface area contributed by atoms with Crippen LogP contribution in [0.3, 0.4) is 0 Å². The average Bonchev–Trinajstić information content (AvgIpc) is 3.06. The summed E-state index contributed by atoms with van der Waals surface area (Å²) in [5.41, 5.74) is 2.56. The number of rotatable bonds is 4. The zero-order chi connectivity index (χ0) is 23.0. The number of nitrogens with zero attached hydrogens (tertiary/aromatic N) is 1. The van der Waals surface area contributed by atoms with Crippen LogP contribution in [0.1, 0.15) is 22.7 Å². The predicted octanol–water partition coefficient (Wildman–Crippen LogP) is 6.05. The zero-order valence-corrected chi connectivity index (χ0v) is 19.6. The molecule has 5 nitrogen and oxygen atoms in total. The molecule has 1 atom stereocenters. The van der Waals surface area contributed by atoms with Crippen LogP contribution in [-0.4, -0.2) is 23.9 Å². The highest BCUT2D eigenvalue weighted by atomic mass is 79.9. The van der Waals surface area contributed by atoms with Crippen molar-refractivity contribution in [1.29, 1.82) is 0 Å². The first kappa shape index (κ1) is 22.1. The second-order valence-corrected chi connectivity index (χ2v) is 8.68. The lowest BCUT2D eigenvalue weighted by Crippen LogP contribution is -2.29. The number of ketones is 1. The normalized spacial score (nSPS) is 17.6. The number of carbonyl (C=O) groups excluding carboxylic acids is 2. The minimum Gasteiger partial charge on any atom is -0.507 e. The number of ether oxygens (including phenoxy) is 1. The van der Waals surface area contributed by atoms with Crippen LogP contribution >= 0.6 is 27.5 Å². The molecule has 4 rings (SSSR count). The van der Waals surface area contributed by atoms with Crippen molar-refractivity contribution < 1.29 is 19.4 Å². The van der Waals surface area contributed by atoms with Crippen molar-refractivity contribution in [2.24, 2.45) is 0 Å². The van der Waals surface area contributed by atoms with Gasteiger partial charge in [-0.05, 0) is 66.6 Å². The van der Waals surface area contributed by atoms with Gasteiger partial charge < -0.3 is 9.84 Å². The lowest BCUT2D eigenvalue weighted by atomic mass is 9.95. The van der Waals surface area contributed by atoms with Crippen LogP contribution in [-0.2, 0) is 9.59 Å². The third-order valence-corrected chi connectivity index (χ3v) is 6.51. The number of aliphatic hydroxyl groups is 1. The molecule has 3 aromatic carbocycles. The lowest BCUT2D eigenvalue weighted by Gasteiger charge is -2.26. The molecule has 3 aromatic rings. The maximum Gasteiger partial charge on any atom is 0.300 e. The molecule has 32 heavy (non-hydrogen) atoms. The molecule has 7 heteroatoms. The van der Waals surface area contributed by atoms with E-state index in [-0.39, 0.29) is 11.3 Å². The summed E-state index contributed by atoms with van der Waals surface area (Å²) in [6.07, 6.45) is 0. The van der Waals surface area contributed by atoms with Crippen molar-refractivity contribution >= 4 is 50.7 Å². The van der Waals surface area contributed by atoms with Crippen molar-refractivity contribution in [2.75, 3.05) is 12.0 Å². The molecule has 1 amide bonds. The van der Waals surface area contributed by atoms with Gasteiger partial charge in [-0.25, -0.2) is 0 Å². The van der Waals surface area contributed by atoms with Gasteiger partial charge in [0.25, 0.3) is 11.7 Å². The van der Waals surface area contributed by atoms with Crippen LogP contribution in [0.2, 0.25) is 5.02 Å². The summed E-state index contributed by atoms with van der Waals surface area (Å²) < 4.78 is 6.15. The van der Waals surface area contributed by atoms with Gasteiger partial charge in [-0.1, -0.05) is 45.7 Å². The van der Waals surface area contributed by atoms with Gasteiger partial charge in [-0.15, -0.1) is 0 Å². The summed E-state index contributed by atoms with van der Waals surface area (Å²) in [7, 11) is 1.54. The summed E-state index contributed by atoms with van der Waals surface area (Å²) in [5.74, 6) is -1.17. The molecule has 1 N–H and O–H groups in total. The molecule has 0 saturated carbocycles. The summed E-state index contributed by atoms with van der Waals surface area (Å²) in [6.45, 7) is 1.93. The Morgan fingerprint density at radius 1 is 1.06 bits per heavy atom. The van der Waals surface area contributed by atoms with Gasteiger partial charge in [-0.3, -0.25) is 14.5 Å². The van der Waals surface area contributed by atoms with E-state index >= 15 is 0 Å². The van der Waals surface area contributed by atoms with E-state index in [4.69, 9.17) is 16.3 Å². The number of methoxy groups -OCH3 is 1. The Labute approximate surface area is 199 Å². The monoisotopic (exact) mass is 511 g/mol. The fourth-order valence-corrected chi connectivity index (χ4v) is 4.21. The fourth-order valence-electron chi connectivity index (χ4n) is 3.72.